The second kappa shape index (κ2) is 7.32. The summed E-state index contributed by atoms with van der Waals surface area (Å²) in [6, 6.07) is 14.4. The molecule has 3 aromatic rings. The van der Waals surface area contributed by atoms with Crippen molar-refractivity contribution in [2.75, 3.05) is 10.2 Å². The molecule has 0 spiro atoms. The Bertz CT molecular complexity index is 1140. The van der Waals surface area contributed by atoms with E-state index in [1.54, 1.807) is 24.3 Å². The fraction of sp³-hybridized carbons (Fsp3) is 0.304. The van der Waals surface area contributed by atoms with Crippen LogP contribution in [0.5, 0.6) is 0 Å². The Morgan fingerprint density at radius 1 is 1.07 bits per heavy atom. The van der Waals surface area contributed by atoms with Crippen LogP contribution in [0.2, 0.25) is 0 Å². The predicted octanol–water partition coefficient (Wildman–Crippen LogP) is 4.47. The smallest absolute Gasteiger partial charge is 0.257 e. The van der Waals surface area contributed by atoms with Gasteiger partial charge in [0.05, 0.1) is 27.7 Å². The van der Waals surface area contributed by atoms with Crippen molar-refractivity contribution < 1.29 is 14.4 Å². The van der Waals surface area contributed by atoms with Crippen molar-refractivity contribution in [2.24, 2.45) is 17.8 Å². The highest BCUT2D eigenvalue weighted by atomic mass is 32.1. The van der Waals surface area contributed by atoms with Gasteiger partial charge in [-0.25, -0.2) is 4.98 Å². The van der Waals surface area contributed by atoms with Crippen molar-refractivity contribution >= 4 is 50.1 Å². The number of amides is 3. The molecule has 7 heteroatoms. The second-order valence-corrected chi connectivity index (χ2v) is 9.16. The van der Waals surface area contributed by atoms with Crippen LogP contribution in [0, 0.1) is 17.8 Å². The Labute approximate surface area is 177 Å². The molecule has 2 fully saturated rings. The van der Waals surface area contributed by atoms with Gasteiger partial charge in [-0.05, 0) is 55.5 Å². The number of imide groups is 1. The number of thiazole rings is 1. The van der Waals surface area contributed by atoms with Gasteiger partial charge in [0.25, 0.3) is 5.91 Å². The van der Waals surface area contributed by atoms with Gasteiger partial charge in [-0.15, -0.1) is 0 Å². The third-order valence-electron chi connectivity index (χ3n) is 6.07. The molecule has 0 bridgehead atoms. The molecular weight excluding hydrogens is 398 g/mol. The number of anilines is 2. The summed E-state index contributed by atoms with van der Waals surface area (Å²) in [6.45, 7) is 2.13. The number of rotatable bonds is 3. The monoisotopic (exact) mass is 419 g/mol. The lowest BCUT2D eigenvalue weighted by atomic mass is 9.76. The van der Waals surface area contributed by atoms with Crippen molar-refractivity contribution in [1.29, 1.82) is 0 Å². The standard InChI is InChI=1S/C23H21N3O3S/c1-13-9-10-16-17(11-13)22(29)26(21(16)28)15-6-4-5-14(12-15)20(27)25-23-24-18-7-2-3-8-19(18)30-23/h2-8,12-13,16-17H,9-11H2,1H3,(H,24,25,27)/t13-,16-,17+/m1/s1. The first-order valence-electron chi connectivity index (χ1n) is 10.2. The van der Waals surface area contributed by atoms with Gasteiger partial charge in [-0.3, -0.25) is 24.6 Å². The molecule has 1 N–H and O–H groups in total. The summed E-state index contributed by atoms with van der Waals surface area (Å²) >= 11 is 1.40. The quantitative estimate of drug-likeness (QED) is 0.635. The van der Waals surface area contributed by atoms with Crippen LogP contribution in [0.1, 0.15) is 36.5 Å². The minimum absolute atomic E-state index is 0.138. The van der Waals surface area contributed by atoms with Crippen LogP contribution in [0.3, 0.4) is 0 Å². The first kappa shape index (κ1) is 18.9. The van der Waals surface area contributed by atoms with Gasteiger partial charge in [0.2, 0.25) is 11.8 Å². The first-order valence-corrected chi connectivity index (χ1v) is 11.0. The number of para-hydroxylation sites is 1. The summed E-state index contributed by atoms with van der Waals surface area (Å²) in [4.78, 5) is 44.4. The third-order valence-corrected chi connectivity index (χ3v) is 7.02. The molecule has 3 atom stereocenters. The molecule has 1 aromatic heterocycles. The highest BCUT2D eigenvalue weighted by Gasteiger charge is 2.50. The Balaban J connectivity index is 1.39. The van der Waals surface area contributed by atoms with E-state index in [-0.39, 0.29) is 29.6 Å². The third kappa shape index (κ3) is 3.19. The van der Waals surface area contributed by atoms with E-state index in [0.717, 1.165) is 29.5 Å². The molecule has 1 aliphatic heterocycles. The second-order valence-electron chi connectivity index (χ2n) is 8.13. The molecular formula is C23H21N3O3S. The molecule has 0 radical (unpaired) electrons. The zero-order chi connectivity index (χ0) is 20.8. The molecule has 1 saturated heterocycles. The largest absolute Gasteiger partial charge is 0.298 e. The lowest BCUT2D eigenvalue weighted by molar-refractivity contribution is -0.122. The molecule has 30 heavy (non-hydrogen) atoms. The van der Waals surface area contributed by atoms with Crippen LogP contribution in [0.4, 0.5) is 10.8 Å². The maximum absolute atomic E-state index is 13.0. The van der Waals surface area contributed by atoms with E-state index in [0.29, 0.717) is 22.3 Å². The fourth-order valence-corrected chi connectivity index (χ4v) is 5.39. The molecule has 0 unspecified atom stereocenters. The van der Waals surface area contributed by atoms with Gasteiger partial charge in [0.1, 0.15) is 0 Å². The number of hydrogen-bond donors (Lipinski definition) is 1. The van der Waals surface area contributed by atoms with Crippen molar-refractivity contribution in [3.05, 3.63) is 54.1 Å². The van der Waals surface area contributed by atoms with Gasteiger partial charge in [-0.1, -0.05) is 36.5 Å². The van der Waals surface area contributed by atoms with Crippen LogP contribution in [0.25, 0.3) is 10.2 Å². The summed E-state index contributed by atoms with van der Waals surface area (Å²) in [5.41, 5.74) is 1.68. The molecule has 5 rings (SSSR count). The van der Waals surface area contributed by atoms with Gasteiger partial charge in [0.15, 0.2) is 5.13 Å². The van der Waals surface area contributed by atoms with Gasteiger partial charge >= 0.3 is 0 Å². The topological polar surface area (TPSA) is 79.4 Å². The summed E-state index contributed by atoms with van der Waals surface area (Å²) in [5, 5.41) is 3.34. The maximum Gasteiger partial charge on any atom is 0.257 e. The molecule has 3 amide bonds. The van der Waals surface area contributed by atoms with E-state index in [2.05, 4.69) is 17.2 Å². The van der Waals surface area contributed by atoms with E-state index in [1.165, 1.54) is 16.2 Å². The average Bonchev–Trinajstić information content (AvgIpc) is 3.26. The van der Waals surface area contributed by atoms with E-state index < -0.39 is 0 Å². The number of carbonyl (C=O) groups excluding carboxylic acids is 3. The minimum Gasteiger partial charge on any atom is -0.298 e. The molecule has 152 valence electrons. The number of aromatic nitrogens is 1. The Hall–Kier alpha value is -3.06. The lowest BCUT2D eigenvalue weighted by Gasteiger charge is -2.25. The van der Waals surface area contributed by atoms with Gasteiger partial charge in [0, 0.05) is 5.56 Å². The van der Waals surface area contributed by atoms with E-state index >= 15 is 0 Å². The average molecular weight is 420 g/mol. The summed E-state index contributed by atoms with van der Waals surface area (Å²) in [6.07, 6.45) is 2.48. The van der Waals surface area contributed by atoms with Crippen molar-refractivity contribution in [3.63, 3.8) is 0 Å². The highest BCUT2D eigenvalue weighted by molar-refractivity contribution is 7.22. The number of fused-ring (bicyclic) bond motifs is 2. The SMILES string of the molecule is C[C@@H]1CC[C@H]2C(=O)N(c3cccc(C(=O)Nc4nc5ccccc5s4)c3)C(=O)[C@H]2C1. The summed E-state index contributed by atoms with van der Waals surface area (Å²) in [7, 11) is 0. The normalized spacial score (nSPS) is 23.6. The summed E-state index contributed by atoms with van der Waals surface area (Å²) in [5.74, 6) is -0.605. The molecule has 1 aliphatic carbocycles. The molecule has 2 heterocycles. The molecule has 2 aromatic carbocycles. The maximum atomic E-state index is 13.0. The van der Waals surface area contributed by atoms with Crippen LogP contribution in [-0.4, -0.2) is 22.7 Å². The van der Waals surface area contributed by atoms with Gasteiger partial charge in [-0.2, -0.15) is 0 Å². The van der Waals surface area contributed by atoms with E-state index in [1.807, 2.05) is 24.3 Å². The van der Waals surface area contributed by atoms with Crippen LogP contribution < -0.4 is 10.2 Å². The van der Waals surface area contributed by atoms with Crippen LogP contribution >= 0.6 is 11.3 Å². The number of nitrogens with one attached hydrogen (secondary N) is 1. The Morgan fingerprint density at radius 2 is 1.87 bits per heavy atom. The number of nitrogens with zero attached hydrogens (tertiary/aromatic N) is 2. The molecule has 6 nitrogen and oxygen atoms in total. The van der Waals surface area contributed by atoms with Crippen molar-refractivity contribution in [2.45, 2.75) is 26.2 Å². The van der Waals surface area contributed by atoms with Gasteiger partial charge < -0.3 is 0 Å². The lowest BCUT2D eigenvalue weighted by Crippen LogP contribution is -2.31. The molecule has 2 aliphatic rings. The number of hydrogen-bond acceptors (Lipinski definition) is 5. The predicted molar refractivity (Wildman–Crippen MR) is 117 cm³/mol. The van der Waals surface area contributed by atoms with Crippen molar-refractivity contribution in [3.8, 4) is 0 Å². The summed E-state index contributed by atoms with van der Waals surface area (Å²) < 4.78 is 0.992. The fourth-order valence-electron chi connectivity index (χ4n) is 4.53. The van der Waals surface area contributed by atoms with E-state index in [9.17, 15) is 14.4 Å². The molecule has 1 saturated carbocycles. The van der Waals surface area contributed by atoms with E-state index in [4.69, 9.17) is 0 Å². The Morgan fingerprint density at radius 3 is 2.70 bits per heavy atom. The van der Waals surface area contributed by atoms with Crippen LogP contribution in [-0.2, 0) is 9.59 Å². The zero-order valence-electron chi connectivity index (χ0n) is 16.5. The minimum atomic E-state index is -0.318. The highest BCUT2D eigenvalue weighted by Crippen LogP contribution is 2.42. The van der Waals surface area contributed by atoms with Crippen molar-refractivity contribution in [1.82, 2.24) is 4.98 Å². The Kier molecular flexibility index (Phi) is 4.62. The number of benzene rings is 2. The first-order chi connectivity index (χ1) is 14.5. The zero-order valence-corrected chi connectivity index (χ0v) is 17.3. The van der Waals surface area contributed by atoms with Crippen LogP contribution in [0.15, 0.2) is 48.5 Å². The number of carbonyl (C=O) groups is 3.